The first-order valence-electron chi connectivity index (χ1n) is 7.92. The van der Waals surface area contributed by atoms with Crippen LogP contribution in [0.3, 0.4) is 0 Å². The summed E-state index contributed by atoms with van der Waals surface area (Å²) in [7, 11) is 0. The fraction of sp³-hybridized carbons (Fsp3) is 0.625. The van der Waals surface area contributed by atoms with E-state index in [-0.39, 0.29) is 17.6 Å². The summed E-state index contributed by atoms with van der Waals surface area (Å²) in [4.78, 5) is 2.45. The lowest BCUT2D eigenvalue weighted by molar-refractivity contribution is -0.0936. The number of nitrogens with zero attached hydrogens (tertiary/aromatic N) is 1. The molecule has 0 radical (unpaired) electrons. The highest BCUT2D eigenvalue weighted by Gasteiger charge is 2.47. The molecule has 3 fully saturated rings. The fourth-order valence-electron chi connectivity index (χ4n) is 4.11. The van der Waals surface area contributed by atoms with Gasteiger partial charge in [-0.2, -0.15) is 0 Å². The van der Waals surface area contributed by atoms with E-state index >= 15 is 0 Å². The lowest BCUT2D eigenvalue weighted by atomic mass is 9.86. The monoisotopic (exact) mass is 309 g/mol. The van der Waals surface area contributed by atoms with E-state index in [9.17, 15) is 8.78 Å². The molecule has 3 saturated heterocycles. The summed E-state index contributed by atoms with van der Waals surface area (Å²) in [5, 5.41) is 3.41. The molecular formula is C16H21F2N3O. The number of fused-ring (bicyclic) bond motifs is 1. The first-order chi connectivity index (χ1) is 10.6. The van der Waals surface area contributed by atoms with Gasteiger partial charge >= 0.3 is 0 Å². The summed E-state index contributed by atoms with van der Waals surface area (Å²) >= 11 is 0. The predicted octanol–water partition coefficient (Wildman–Crippen LogP) is 1.03. The number of ether oxygens (including phenoxy) is 1. The molecule has 4 nitrogen and oxygen atoms in total. The minimum absolute atomic E-state index is 0.231. The van der Waals surface area contributed by atoms with Gasteiger partial charge in [-0.15, -0.1) is 0 Å². The van der Waals surface area contributed by atoms with Gasteiger partial charge in [-0.3, -0.25) is 4.90 Å². The number of benzene rings is 1. The maximum atomic E-state index is 13.9. The average Bonchev–Trinajstić information content (AvgIpc) is 2.83. The number of halogens is 2. The summed E-state index contributed by atoms with van der Waals surface area (Å²) < 4.78 is 33.1. The van der Waals surface area contributed by atoms with Gasteiger partial charge in [-0.1, -0.05) is 0 Å². The summed E-state index contributed by atoms with van der Waals surface area (Å²) in [5.41, 5.74) is 6.45. The zero-order valence-corrected chi connectivity index (χ0v) is 12.3. The Morgan fingerprint density at radius 1 is 1.27 bits per heavy atom. The van der Waals surface area contributed by atoms with Crippen molar-refractivity contribution in [3.8, 4) is 0 Å². The van der Waals surface area contributed by atoms with Gasteiger partial charge in [-0.05, 0) is 24.6 Å². The number of hydrogen-bond acceptors (Lipinski definition) is 4. The Morgan fingerprint density at radius 2 is 2.14 bits per heavy atom. The number of nitrogens with two attached hydrogens (primary N) is 1. The molecule has 3 N–H and O–H groups in total. The standard InChI is InChI=1S/C16H21F2N3O/c17-10-1-2-13(18)12(3-10)16-14(19)4-11(8-22-16)21-7-9-5-20-6-15(9)21/h1-3,9,11,14-16,20H,4-8,19H2/t9?,11-,14+,15?,16-/m1/s1. The smallest absolute Gasteiger partial charge is 0.129 e. The van der Waals surface area contributed by atoms with E-state index in [1.165, 1.54) is 6.07 Å². The Kier molecular flexibility index (Phi) is 3.64. The zero-order chi connectivity index (χ0) is 15.3. The second-order valence-corrected chi connectivity index (χ2v) is 6.66. The molecule has 1 aromatic carbocycles. The highest BCUT2D eigenvalue weighted by atomic mass is 19.1. The zero-order valence-electron chi connectivity index (χ0n) is 12.3. The molecule has 3 aliphatic heterocycles. The van der Waals surface area contributed by atoms with Crippen molar-refractivity contribution in [2.75, 3.05) is 26.2 Å². The van der Waals surface area contributed by atoms with Gasteiger partial charge in [0.05, 0.1) is 6.61 Å². The Bertz CT molecular complexity index is 570. The average molecular weight is 309 g/mol. The maximum Gasteiger partial charge on any atom is 0.129 e. The summed E-state index contributed by atoms with van der Waals surface area (Å²) in [6.45, 7) is 3.73. The first kappa shape index (κ1) is 14.5. The second kappa shape index (κ2) is 5.53. The van der Waals surface area contributed by atoms with Crippen LogP contribution in [0, 0.1) is 17.6 Å². The van der Waals surface area contributed by atoms with E-state index in [1.54, 1.807) is 0 Å². The predicted molar refractivity (Wildman–Crippen MR) is 78.3 cm³/mol. The van der Waals surface area contributed by atoms with E-state index in [0.717, 1.165) is 44.1 Å². The third-order valence-electron chi connectivity index (χ3n) is 5.31. The molecule has 0 spiro atoms. The van der Waals surface area contributed by atoms with Gasteiger partial charge in [0.15, 0.2) is 0 Å². The highest BCUT2D eigenvalue weighted by Crippen LogP contribution is 2.36. The van der Waals surface area contributed by atoms with Crippen LogP contribution >= 0.6 is 0 Å². The van der Waals surface area contributed by atoms with Crippen LogP contribution in [-0.2, 0) is 4.74 Å². The van der Waals surface area contributed by atoms with E-state index in [2.05, 4.69) is 10.2 Å². The number of likely N-dealkylation sites (tertiary alicyclic amines) is 1. The highest BCUT2D eigenvalue weighted by molar-refractivity contribution is 5.23. The van der Waals surface area contributed by atoms with Gasteiger partial charge in [0, 0.05) is 49.2 Å². The Morgan fingerprint density at radius 3 is 2.91 bits per heavy atom. The Hall–Kier alpha value is -1.08. The fourth-order valence-corrected chi connectivity index (χ4v) is 4.11. The topological polar surface area (TPSA) is 50.5 Å². The van der Waals surface area contributed by atoms with Gasteiger partial charge in [0.2, 0.25) is 0 Å². The number of nitrogens with one attached hydrogen (secondary N) is 1. The third kappa shape index (κ3) is 2.34. The second-order valence-electron chi connectivity index (χ2n) is 6.66. The molecule has 0 aromatic heterocycles. The molecule has 22 heavy (non-hydrogen) atoms. The van der Waals surface area contributed by atoms with Crippen LogP contribution < -0.4 is 11.1 Å². The third-order valence-corrected chi connectivity index (χ3v) is 5.31. The Labute approximate surface area is 128 Å². The first-order valence-corrected chi connectivity index (χ1v) is 7.92. The van der Waals surface area contributed by atoms with Crippen LogP contribution in [0.25, 0.3) is 0 Å². The molecular weight excluding hydrogens is 288 g/mol. The molecule has 120 valence electrons. The molecule has 3 heterocycles. The molecule has 0 amide bonds. The molecule has 2 unspecified atom stereocenters. The van der Waals surface area contributed by atoms with Gasteiger partial charge in [0.25, 0.3) is 0 Å². The van der Waals surface area contributed by atoms with Crippen LogP contribution in [0.15, 0.2) is 18.2 Å². The summed E-state index contributed by atoms with van der Waals surface area (Å²) in [6, 6.07) is 4.00. The van der Waals surface area contributed by atoms with Crippen molar-refractivity contribution in [1.82, 2.24) is 10.2 Å². The van der Waals surface area contributed by atoms with E-state index in [0.29, 0.717) is 12.6 Å². The van der Waals surface area contributed by atoms with Crippen molar-refractivity contribution in [1.29, 1.82) is 0 Å². The van der Waals surface area contributed by atoms with E-state index in [1.807, 2.05) is 0 Å². The molecule has 0 saturated carbocycles. The van der Waals surface area contributed by atoms with Crippen molar-refractivity contribution >= 4 is 0 Å². The summed E-state index contributed by atoms with van der Waals surface area (Å²) in [5.74, 6) is -0.171. The SMILES string of the molecule is N[C@H]1C[C@@H](N2CC3CNCC32)CO[C@@H]1c1cc(F)ccc1F. The molecule has 3 aliphatic rings. The summed E-state index contributed by atoms with van der Waals surface area (Å²) in [6.07, 6.45) is 0.190. The number of rotatable bonds is 2. The molecule has 1 aromatic rings. The van der Waals surface area contributed by atoms with Crippen LogP contribution in [0.1, 0.15) is 18.1 Å². The van der Waals surface area contributed by atoms with Crippen LogP contribution in [-0.4, -0.2) is 49.3 Å². The largest absolute Gasteiger partial charge is 0.370 e. The molecule has 4 rings (SSSR count). The van der Waals surface area contributed by atoms with Crippen molar-refractivity contribution < 1.29 is 13.5 Å². The molecule has 0 bridgehead atoms. The Balaban J connectivity index is 1.45. The minimum atomic E-state index is -0.564. The van der Waals surface area contributed by atoms with E-state index < -0.39 is 17.7 Å². The molecule has 0 aliphatic carbocycles. The maximum absolute atomic E-state index is 13.9. The van der Waals surface area contributed by atoms with Crippen molar-refractivity contribution in [3.63, 3.8) is 0 Å². The van der Waals surface area contributed by atoms with Crippen molar-refractivity contribution in [3.05, 3.63) is 35.4 Å². The van der Waals surface area contributed by atoms with E-state index in [4.69, 9.17) is 10.5 Å². The lowest BCUT2D eigenvalue weighted by Crippen LogP contribution is -2.63. The lowest BCUT2D eigenvalue weighted by Gasteiger charge is -2.51. The quantitative estimate of drug-likeness (QED) is 0.857. The van der Waals surface area contributed by atoms with Crippen LogP contribution in [0.2, 0.25) is 0 Å². The normalized spacial score (nSPS) is 38.6. The van der Waals surface area contributed by atoms with Gasteiger partial charge < -0.3 is 15.8 Å². The van der Waals surface area contributed by atoms with Crippen LogP contribution in [0.5, 0.6) is 0 Å². The van der Waals surface area contributed by atoms with Crippen molar-refractivity contribution in [2.45, 2.75) is 30.7 Å². The van der Waals surface area contributed by atoms with Crippen molar-refractivity contribution in [2.24, 2.45) is 11.7 Å². The number of hydrogen-bond donors (Lipinski definition) is 2. The van der Waals surface area contributed by atoms with Gasteiger partial charge in [-0.25, -0.2) is 8.78 Å². The van der Waals surface area contributed by atoms with Gasteiger partial charge in [0.1, 0.15) is 17.7 Å². The molecule has 6 heteroatoms. The van der Waals surface area contributed by atoms with Crippen LogP contribution in [0.4, 0.5) is 8.78 Å². The molecule has 5 atom stereocenters. The minimum Gasteiger partial charge on any atom is -0.370 e.